The Morgan fingerprint density at radius 1 is 1.00 bits per heavy atom. The van der Waals surface area contributed by atoms with Gasteiger partial charge in [0, 0.05) is 6.54 Å². The third kappa shape index (κ3) is 12.5. The minimum absolute atomic E-state index is 0.0420. The van der Waals surface area contributed by atoms with Crippen molar-refractivity contribution in [2.75, 3.05) is 6.54 Å². The molecule has 12 nitrogen and oxygen atoms in total. The number of nitrogens with one attached hydrogen (secondary N) is 3. The molecule has 212 valence electrons. The molecule has 0 saturated heterocycles. The number of rotatable bonds is 16. The molecule has 4 atom stereocenters. The van der Waals surface area contributed by atoms with E-state index in [9.17, 15) is 19.2 Å². The van der Waals surface area contributed by atoms with E-state index in [1.165, 1.54) is 0 Å². The zero-order chi connectivity index (χ0) is 28.7. The van der Waals surface area contributed by atoms with E-state index >= 15 is 0 Å². The Bertz CT molecular complexity index is 935. The predicted molar refractivity (Wildman–Crippen MR) is 145 cm³/mol. The molecule has 38 heavy (non-hydrogen) atoms. The van der Waals surface area contributed by atoms with E-state index in [0.717, 1.165) is 5.56 Å². The second-order valence-electron chi connectivity index (χ2n) is 9.65. The molecule has 12 heteroatoms. The molecule has 0 aromatic heterocycles. The zero-order valence-electron chi connectivity index (χ0n) is 22.7. The summed E-state index contributed by atoms with van der Waals surface area (Å²) in [5.74, 6) is -2.64. The van der Waals surface area contributed by atoms with Crippen LogP contribution in [0.1, 0.15) is 58.9 Å². The van der Waals surface area contributed by atoms with Gasteiger partial charge in [-0.3, -0.25) is 19.4 Å². The fourth-order valence-electron chi connectivity index (χ4n) is 3.54. The summed E-state index contributed by atoms with van der Waals surface area (Å²) in [6.07, 6.45) is 0.134. The van der Waals surface area contributed by atoms with Crippen molar-refractivity contribution in [3.05, 3.63) is 35.9 Å². The Kier molecular flexibility index (Phi) is 14.4. The fourth-order valence-corrected chi connectivity index (χ4v) is 3.54. The maximum Gasteiger partial charge on any atom is 0.408 e. The quantitative estimate of drug-likeness (QED) is 0.0590. The first-order valence-electron chi connectivity index (χ1n) is 12.9. The second-order valence-corrected chi connectivity index (χ2v) is 9.65. The van der Waals surface area contributed by atoms with E-state index in [1.54, 1.807) is 6.92 Å². The van der Waals surface area contributed by atoms with Crippen molar-refractivity contribution < 1.29 is 23.9 Å². The summed E-state index contributed by atoms with van der Waals surface area (Å²) in [6.45, 7) is 7.78. The number of amides is 3. The van der Waals surface area contributed by atoms with Gasteiger partial charge in [0.2, 0.25) is 11.7 Å². The van der Waals surface area contributed by atoms with Gasteiger partial charge in [0.25, 0.3) is 5.91 Å². The summed E-state index contributed by atoms with van der Waals surface area (Å²) in [5, 5.41) is 7.71. The van der Waals surface area contributed by atoms with Crippen LogP contribution in [0.5, 0.6) is 0 Å². The highest BCUT2D eigenvalue weighted by Gasteiger charge is 2.34. The van der Waals surface area contributed by atoms with Crippen LogP contribution >= 0.6 is 0 Å². The lowest BCUT2D eigenvalue weighted by molar-refractivity contribution is -0.141. The molecule has 0 aliphatic rings. The van der Waals surface area contributed by atoms with Crippen LogP contribution in [0.2, 0.25) is 0 Å². The topological polar surface area (TPSA) is 204 Å². The number of aliphatic imine (C=N–C) groups is 1. The Labute approximate surface area is 224 Å². The smallest absolute Gasteiger partial charge is 0.408 e. The van der Waals surface area contributed by atoms with Crippen molar-refractivity contribution in [3.8, 4) is 0 Å². The molecule has 0 saturated carbocycles. The van der Waals surface area contributed by atoms with Gasteiger partial charge in [0.1, 0.15) is 12.6 Å². The average molecular weight is 534 g/mol. The van der Waals surface area contributed by atoms with Gasteiger partial charge in [-0.2, -0.15) is 0 Å². The Morgan fingerprint density at radius 3 is 2.24 bits per heavy atom. The van der Waals surface area contributed by atoms with E-state index in [1.807, 2.05) is 51.1 Å². The van der Waals surface area contributed by atoms with E-state index in [4.69, 9.17) is 21.9 Å². The van der Waals surface area contributed by atoms with Crippen LogP contribution in [0.25, 0.3) is 0 Å². The number of hydrogen-bond donors (Lipinski definition) is 6. The van der Waals surface area contributed by atoms with Crippen LogP contribution in [0.15, 0.2) is 35.3 Å². The number of ether oxygens (including phenoxy) is 1. The van der Waals surface area contributed by atoms with Crippen LogP contribution in [-0.2, 0) is 25.7 Å². The molecule has 0 spiro atoms. The number of carbonyl (C=O) groups is 4. The lowest BCUT2D eigenvalue weighted by Crippen LogP contribution is -2.57. The molecule has 3 amide bonds. The monoisotopic (exact) mass is 533 g/mol. The molecule has 0 aliphatic heterocycles. The van der Waals surface area contributed by atoms with Crippen molar-refractivity contribution in [2.45, 2.75) is 78.2 Å². The SMILES string of the molecule is CCC(C)C(NC(=O)C(CC(C)C)NC(=O)OCc1ccccc1)C(=O)C(=O)NC(N)CCCN=C(N)N. The van der Waals surface area contributed by atoms with E-state index in [2.05, 4.69) is 20.9 Å². The Hall–Kier alpha value is -3.67. The number of guanidine groups is 1. The molecule has 1 aromatic rings. The van der Waals surface area contributed by atoms with Gasteiger partial charge in [-0.05, 0) is 36.7 Å². The maximum absolute atomic E-state index is 13.2. The molecule has 0 radical (unpaired) electrons. The van der Waals surface area contributed by atoms with E-state index in [-0.39, 0.29) is 24.4 Å². The number of Topliss-reactive ketones (excluding diaryl/α,β-unsaturated/α-hetero) is 1. The summed E-state index contributed by atoms with van der Waals surface area (Å²) in [7, 11) is 0. The van der Waals surface area contributed by atoms with Crippen LogP contribution in [0, 0.1) is 11.8 Å². The van der Waals surface area contributed by atoms with Crippen molar-refractivity contribution in [1.29, 1.82) is 0 Å². The van der Waals surface area contributed by atoms with Gasteiger partial charge < -0.3 is 37.9 Å². The summed E-state index contributed by atoms with van der Waals surface area (Å²) < 4.78 is 5.25. The molecule has 4 unspecified atom stereocenters. The number of ketones is 1. The molecular weight excluding hydrogens is 490 g/mol. The third-order valence-electron chi connectivity index (χ3n) is 5.83. The standard InChI is InChI=1S/C26H43N7O5/c1-5-17(4)21(22(34)24(36)32-20(27)12-9-13-30-25(28)29)33-23(35)19(14-16(2)3)31-26(37)38-15-18-10-7-6-8-11-18/h6-8,10-11,16-17,19-21H,5,9,12-15,27H2,1-4H3,(H,31,37)(H,32,36)(H,33,35)(H4,28,29,30). The zero-order valence-corrected chi connectivity index (χ0v) is 22.7. The number of carbonyl (C=O) groups excluding carboxylic acids is 4. The highest BCUT2D eigenvalue weighted by atomic mass is 16.5. The number of benzene rings is 1. The molecule has 0 bridgehead atoms. The lowest BCUT2D eigenvalue weighted by atomic mass is 9.93. The largest absolute Gasteiger partial charge is 0.445 e. The summed E-state index contributed by atoms with van der Waals surface area (Å²) >= 11 is 0. The van der Waals surface area contributed by atoms with Gasteiger partial charge in [-0.1, -0.05) is 64.4 Å². The first-order chi connectivity index (χ1) is 17.9. The molecule has 9 N–H and O–H groups in total. The van der Waals surface area contributed by atoms with Crippen molar-refractivity contribution in [1.82, 2.24) is 16.0 Å². The van der Waals surface area contributed by atoms with E-state index in [0.29, 0.717) is 32.2 Å². The lowest BCUT2D eigenvalue weighted by Gasteiger charge is -2.27. The van der Waals surface area contributed by atoms with Gasteiger partial charge in [-0.15, -0.1) is 0 Å². The van der Waals surface area contributed by atoms with Crippen LogP contribution in [0.4, 0.5) is 4.79 Å². The van der Waals surface area contributed by atoms with Gasteiger partial charge in [0.15, 0.2) is 5.96 Å². The third-order valence-corrected chi connectivity index (χ3v) is 5.83. The van der Waals surface area contributed by atoms with Crippen molar-refractivity contribution in [2.24, 2.45) is 34.0 Å². The van der Waals surface area contributed by atoms with Crippen LogP contribution < -0.4 is 33.2 Å². The number of nitrogens with two attached hydrogens (primary N) is 3. The Morgan fingerprint density at radius 2 is 1.66 bits per heavy atom. The van der Waals surface area contributed by atoms with E-state index < -0.39 is 41.9 Å². The number of nitrogens with zero attached hydrogens (tertiary/aromatic N) is 1. The van der Waals surface area contributed by atoms with Crippen LogP contribution in [-0.4, -0.2) is 54.4 Å². The molecule has 1 rings (SSSR count). The first-order valence-corrected chi connectivity index (χ1v) is 12.9. The molecule has 0 aliphatic carbocycles. The normalized spacial score (nSPS) is 13.9. The second kappa shape index (κ2) is 17.0. The minimum atomic E-state index is -1.10. The Balaban J connectivity index is 2.82. The maximum atomic E-state index is 13.2. The number of hydrogen-bond acceptors (Lipinski definition) is 7. The highest BCUT2D eigenvalue weighted by molar-refractivity contribution is 6.38. The van der Waals surface area contributed by atoms with Gasteiger partial charge in [0.05, 0.1) is 12.2 Å². The van der Waals surface area contributed by atoms with Crippen LogP contribution in [0.3, 0.4) is 0 Å². The predicted octanol–water partition coefficient (Wildman–Crippen LogP) is 0.882. The fraction of sp³-hybridized carbons (Fsp3) is 0.577. The minimum Gasteiger partial charge on any atom is -0.445 e. The van der Waals surface area contributed by atoms with Crippen molar-refractivity contribution in [3.63, 3.8) is 0 Å². The van der Waals surface area contributed by atoms with Gasteiger partial charge >= 0.3 is 6.09 Å². The molecular formula is C26H43N7O5. The summed E-state index contributed by atoms with van der Waals surface area (Å²) in [6, 6.07) is 7.08. The first kappa shape index (κ1) is 32.4. The van der Waals surface area contributed by atoms with Crippen molar-refractivity contribution >= 4 is 29.7 Å². The van der Waals surface area contributed by atoms with Gasteiger partial charge in [-0.25, -0.2) is 4.79 Å². The molecule has 0 heterocycles. The number of alkyl carbamates (subject to hydrolysis) is 1. The summed E-state index contributed by atoms with van der Waals surface area (Å²) in [5.41, 5.74) is 17.3. The highest BCUT2D eigenvalue weighted by Crippen LogP contribution is 2.12. The summed E-state index contributed by atoms with van der Waals surface area (Å²) in [4.78, 5) is 55.1. The molecule has 0 fully saturated rings. The molecule has 1 aromatic carbocycles. The average Bonchev–Trinajstić information content (AvgIpc) is 2.87.